The molecule has 36 heavy (non-hydrogen) atoms. The van der Waals surface area contributed by atoms with E-state index in [0.717, 1.165) is 54.6 Å². The topological polar surface area (TPSA) is 73.3 Å². The first kappa shape index (κ1) is 24.2. The van der Waals surface area contributed by atoms with Gasteiger partial charge in [-0.15, -0.1) is 0 Å². The van der Waals surface area contributed by atoms with Crippen molar-refractivity contribution < 1.29 is 5.11 Å². The van der Waals surface area contributed by atoms with Crippen LogP contribution in [0.3, 0.4) is 0 Å². The van der Waals surface area contributed by atoms with Crippen molar-refractivity contribution in [1.82, 2.24) is 20.2 Å². The molecule has 0 atom stereocenters. The lowest BCUT2D eigenvalue weighted by atomic mass is 10.0. The van der Waals surface area contributed by atoms with E-state index in [2.05, 4.69) is 57.8 Å². The fourth-order valence-electron chi connectivity index (χ4n) is 5.21. The Balaban J connectivity index is 1.25. The van der Waals surface area contributed by atoms with Gasteiger partial charge in [-0.1, -0.05) is 55.5 Å². The van der Waals surface area contributed by atoms with Gasteiger partial charge in [-0.2, -0.15) is 0 Å². The van der Waals surface area contributed by atoms with Gasteiger partial charge in [0, 0.05) is 36.3 Å². The molecule has 1 aromatic heterocycles. The second-order valence-electron chi connectivity index (χ2n) is 9.48. The summed E-state index contributed by atoms with van der Waals surface area (Å²) in [5, 5.41) is 19.0. The van der Waals surface area contributed by atoms with Crippen LogP contribution >= 0.6 is 0 Å². The number of benzene rings is 3. The Morgan fingerprint density at radius 1 is 1.00 bits per heavy atom. The van der Waals surface area contributed by atoms with Gasteiger partial charge in [-0.25, -0.2) is 9.97 Å². The zero-order valence-corrected chi connectivity index (χ0v) is 21.0. The first-order chi connectivity index (χ1) is 17.7. The summed E-state index contributed by atoms with van der Waals surface area (Å²) in [7, 11) is 0. The molecule has 1 aliphatic rings. The molecule has 0 spiro atoms. The lowest BCUT2D eigenvalue weighted by molar-refractivity contribution is 0.162. The number of aromatic hydroxyl groups is 1. The highest BCUT2D eigenvalue weighted by Crippen LogP contribution is 2.28. The molecule has 0 saturated carbocycles. The van der Waals surface area contributed by atoms with Crippen LogP contribution in [-0.4, -0.2) is 52.2 Å². The SMILES string of the molecule is CCN(Cc1cccc(-c2ccnc(NCCc3ccc(O)c4ccccc34)n2)c1)C1CCNCC1. The van der Waals surface area contributed by atoms with E-state index in [4.69, 9.17) is 4.98 Å². The second-order valence-corrected chi connectivity index (χ2v) is 9.48. The number of anilines is 1. The first-order valence-electron chi connectivity index (χ1n) is 13.0. The fraction of sp³-hybridized carbons (Fsp3) is 0.333. The third-order valence-corrected chi connectivity index (χ3v) is 7.16. The molecule has 6 heteroatoms. The summed E-state index contributed by atoms with van der Waals surface area (Å²) in [6.45, 7) is 7.22. The van der Waals surface area contributed by atoms with Crippen molar-refractivity contribution in [1.29, 1.82) is 0 Å². The van der Waals surface area contributed by atoms with Gasteiger partial charge in [0.2, 0.25) is 5.95 Å². The summed E-state index contributed by atoms with van der Waals surface area (Å²) in [6.07, 6.45) is 5.07. The normalized spacial score (nSPS) is 14.4. The number of fused-ring (bicyclic) bond motifs is 1. The van der Waals surface area contributed by atoms with Crippen molar-refractivity contribution >= 4 is 16.7 Å². The number of phenolic OH excluding ortho intramolecular Hbond substituents is 1. The minimum Gasteiger partial charge on any atom is -0.507 e. The zero-order valence-electron chi connectivity index (χ0n) is 21.0. The monoisotopic (exact) mass is 481 g/mol. The van der Waals surface area contributed by atoms with Crippen LogP contribution in [0.15, 0.2) is 72.9 Å². The predicted octanol–water partition coefficient (Wildman–Crippen LogP) is 5.23. The number of rotatable bonds is 9. The average Bonchev–Trinajstić information content (AvgIpc) is 2.94. The maximum Gasteiger partial charge on any atom is 0.223 e. The number of nitrogens with one attached hydrogen (secondary N) is 2. The fourth-order valence-corrected chi connectivity index (χ4v) is 5.21. The molecule has 0 aliphatic carbocycles. The minimum absolute atomic E-state index is 0.318. The van der Waals surface area contributed by atoms with Crippen LogP contribution in [0.25, 0.3) is 22.0 Å². The number of hydrogen-bond acceptors (Lipinski definition) is 6. The number of hydrogen-bond donors (Lipinski definition) is 3. The zero-order chi connectivity index (χ0) is 24.7. The van der Waals surface area contributed by atoms with Crippen LogP contribution in [0.1, 0.15) is 30.9 Å². The third-order valence-electron chi connectivity index (χ3n) is 7.16. The number of nitrogens with zero attached hydrogens (tertiary/aromatic N) is 3. The Hall–Kier alpha value is -3.48. The maximum absolute atomic E-state index is 10.1. The molecule has 5 rings (SSSR count). The second kappa shape index (κ2) is 11.5. The first-order valence-corrected chi connectivity index (χ1v) is 13.0. The molecule has 4 aromatic rings. The van der Waals surface area contributed by atoms with Crippen molar-refractivity contribution in [3.05, 3.63) is 84.1 Å². The van der Waals surface area contributed by atoms with Crippen molar-refractivity contribution in [2.75, 3.05) is 31.5 Å². The van der Waals surface area contributed by atoms with E-state index in [1.54, 1.807) is 6.07 Å². The summed E-state index contributed by atoms with van der Waals surface area (Å²) in [5.41, 5.74) is 4.55. The van der Waals surface area contributed by atoms with Gasteiger partial charge in [0.15, 0.2) is 0 Å². The molecule has 1 saturated heterocycles. The van der Waals surface area contributed by atoms with Crippen molar-refractivity contribution in [3.8, 4) is 17.0 Å². The van der Waals surface area contributed by atoms with Crippen LogP contribution < -0.4 is 10.6 Å². The molecule has 0 unspecified atom stereocenters. The van der Waals surface area contributed by atoms with E-state index in [1.165, 1.54) is 24.0 Å². The van der Waals surface area contributed by atoms with Crippen LogP contribution in [0.4, 0.5) is 5.95 Å². The maximum atomic E-state index is 10.1. The van der Waals surface area contributed by atoms with Gasteiger partial charge in [0.25, 0.3) is 0 Å². The predicted molar refractivity (Wildman–Crippen MR) is 147 cm³/mol. The summed E-state index contributed by atoms with van der Waals surface area (Å²) in [5.74, 6) is 0.948. The molecule has 1 fully saturated rings. The Morgan fingerprint density at radius 2 is 1.83 bits per heavy atom. The highest BCUT2D eigenvalue weighted by Gasteiger charge is 2.19. The Bertz CT molecular complexity index is 1300. The van der Waals surface area contributed by atoms with Crippen molar-refractivity contribution in [3.63, 3.8) is 0 Å². The Labute approximate surface area is 213 Å². The molecule has 0 bridgehead atoms. The molecule has 3 aromatic carbocycles. The van der Waals surface area contributed by atoms with Crippen molar-refractivity contribution in [2.45, 2.75) is 38.8 Å². The summed E-state index contributed by atoms with van der Waals surface area (Å²) in [6, 6.07) is 23.1. The summed E-state index contributed by atoms with van der Waals surface area (Å²) < 4.78 is 0. The Kier molecular flexibility index (Phi) is 7.74. The summed E-state index contributed by atoms with van der Waals surface area (Å²) >= 11 is 0. The van der Waals surface area contributed by atoms with Gasteiger partial charge >= 0.3 is 0 Å². The smallest absolute Gasteiger partial charge is 0.223 e. The van der Waals surface area contributed by atoms with E-state index in [1.807, 2.05) is 36.5 Å². The lowest BCUT2D eigenvalue weighted by Crippen LogP contribution is -2.42. The quantitative estimate of drug-likeness (QED) is 0.304. The van der Waals surface area contributed by atoms with E-state index in [0.29, 0.717) is 24.3 Å². The standard InChI is InChI=1S/C30H35N5O/c1-2-35(25-13-16-31-17-14-25)21-22-6-5-7-24(20-22)28-15-19-33-30(34-28)32-18-12-23-10-11-29(36)27-9-4-3-8-26(23)27/h3-11,15,19-20,25,31,36H,2,12-14,16-18,21H2,1H3,(H,32,33,34). The van der Waals surface area contributed by atoms with Gasteiger partial charge in [0.1, 0.15) is 5.75 Å². The molecule has 0 amide bonds. The van der Waals surface area contributed by atoms with Crippen molar-refractivity contribution in [2.24, 2.45) is 0 Å². The highest BCUT2D eigenvalue weighted by atomic mass is 16.3. The molecule has 3 N–H and O–H groups in total. The van der Waals surface area contributed by atoms with E-state index >= 15 is 0 Å². The molecular formula is C30H35N5O. The number of piperidine rings is 1. The molecule has 1 aliphatic heterocycles. The van der Waals surface area contributed by atoms with Crippen LogP contribution in [0.5, 0.6) is 5.75 Å². The Morgan fingerprint density at radius 3 is 2.67 bits per heavy atom. The highest BCUT2D eigenvalue weighted by molar-refractivity contribution is 5.90. The molecule has 2 heterocycles. The minimum atomic E-state index is 0.318. The lowest BCUT2D eigenvalue weighted by Gasteiger charge is -2.34. The third kappa shape index (κ3) is 5.66. The number of phenols is 1. The van der Waals surface area contributed by atoms with Crippen LogP contribution in [0, 0.1) is 0 Å². The van der Waals surface area contributed by atoms with Gasteiger partial charge in [-0.05, 0) is 73.6 Å². The molecule has 186 valence electrons. The van der Waals surface area contributed by atoms with Gasteiger partial charge in [-0.3, -0.25) is 4.90 Å². The van der Waals surface area contributed by atoms with E-state index in [-0.39, 0.29) is 0 Å². The molecular weight excluding hydrogens is 446 g/mol. The van der Waals surface area contributed by atoms with Gasteiger partial charge in [0.05, 0.1) is 5.69 Å². The van der Waals surface area contributed by atoms with E-state index < -0.39 is 0 Å². The van der Waals surface area contributed by atoms with E-state index in [9.17, 15) is 5.11 Å². The largest absolute Gasteiger partial charge is 0.507 e. The van der Waals surface area contributed by atoms with Gasteiger partial charge < -0.3 is 15.7 Å². The molecule has 6 nitrogen and oxygen atoms in total. The summed E-state index contributed by atoms with van der Waals surface area (Å²) in [4.78, 5) is 11.8. The average molecular weight is 482 g/mol. The van der Waals surface area contributed by atoms with Crippen LogP contribution in [-0.2, 0) is 13.0 Å². The molecule has 0 radical (unpaired) electrons. The van der Waals surface area contributed by atoms with Crippen LogP contribution in [0.2, 0.25) is 0 Å². The number of aromatic nitrogens is 2.